The smallest absolute Gasteiger partial charge is 0.238 e. The maximum Gasteiger partial charge on any atom is 0.238 e. The summed E-state index contributed by atoms with van der Waals surface area (Å²) in [6, 6.07) is 7.47. The molecule has 2 rings (SSSR count). The van der Waals surface area contributed by atoms with Crippen molar-refractivity contribution in [3.63, 3.8) is 0 Å². The van der Waals surface area contributed by atoms with E-state index >= 15 is 0 Å². The molecule has 1 fully saturated rings. The summed E-state index contributed by atoms with van der Waals surface area (Å²) >= 11 is 0. The Morgan fingerprint density at radius 1 is 1.23 bits per heavy atom. The lowest BCUT2D eigenvalue weighted by atomic mass is 10.2. The molecule has 1 aliphatic rings. The van der Waals surface area contributed by atoms with Crippen LogP contribution in [0.1, 0.15) is 6.92 Å². The predicted octanol–water partition coefficient (Wildman–Crippen LogP) is 0.634. The lowest BCUT2D eigenvalue weighted by Crippen LogP contribution is -2.49. The molecule has 2 N–H and O–H groups in total. The highest BCUT2D eigenvalue weighted by Crippen LogP contribution is 2.23. The topological polar surface area (TPSA) is 65.0 Å². The monoisotopic (exact) mass is 307 g/mol. The van der Waals surface area contributed by atoms with E-state index in [2.05, 4.69) is 15.1 Å². The van der Waals surface area contributed by atoms with Crippen LogP contribution < -0.4 is 10.1 Å². The van der Waals surface area contributed by atoms with E-state index in [9.17, 15) is 4.79 Å². The summed E-state index contributed by atoms with van der Waals surface area (Å²) < 4.78 is 5.51. The van der Waals surface area contributed by atoms with Gasteiger partial charge in [0.15, 0.2) is 0 Å². The molecule has 0 aliphatic carbocycles. The average molecular weight is 307 g/mol. The summed E-state index contributed by atoms with van der Waals surface area (Å²) in [6.07, 6.45) is 0. The number of nitrogens with one attached hydrogen (secondary N) is 1. The molecule has 6 nitrogen and oxygen atoms in total. The minimum Gasteiger partial charge on any atom is -0.492 e. The van der Waals surface area contributed by atoms with Gasteiger partial charge in [-0.3, -0.25) is 14.6 Å². The van der Waals surface area contributed by atoms with E-state index in [-0.39, 0.29) is 12.5 Å². The van der Waals surface area contributed by atoms with E-state index in [4.69, 9.17) is 9.84 Å². The molecule has 0 radical (unpaired) electrons. The number of hydrogen-bond donors (Lipinski definition) is 2. The predicted molar refractivity (Wildman–Crippen MR) is 86.2 cm³/mol. The molecule has 22 heavy (non-hydrogen) atoms. The van der Waals surface area contributed by atoms with Crippen LogP contribution in [-0.2, 0) is 4.79 Å². The van der Waals surface area contributed by atoms with Crippen molar-refractivity contribution in [2.75, 3.05) is 57.8 Å². The van der Waals surface area contributed by atoms with Crippen LogP contribution in [0, 0.1) is 0 Å². The van der Waals surface area contributed by atoms with Gasteiger partial charge in [-0.15, -0.1) is 0 Å². The van der Waals surface area contributed by atoms with Crippen molar-refractivity contribution in [1.82, 2.24) is 9.80 Å². The molecular weight excluding hydrogens is 282 g/mol. The summed E-state index contributed by atoms with van der Waals surface area (Å²) in [5.41, 5.74) is 0.716. The summed E-state index contributed by atoms with van der Waals surface area (Å²) in [5.74, 6) is 0.675. The SMILES string of the molecule is CCOc1ccccc1NC(=O)CN1CCN(CCO)CC1. The van der Waals surface area contributed by atoms with Crippen LogP contribution in [0.5, 0.6) is 5.75 Å². The number of carbonyl (C=O) groups is 1. The first-order valence-electron chi connectivity index (χ1n) is 7.80. The first kappa shape index (κ1) is 16.7. The van der Waals surface area contributed by atoms with Gasteiger partial charge in [0.1, 0.15) is 5.75 Å². The van der Waals surface area contributed by atoms with E-state index in [0.29, 0.717) is 31.1 Å². The maximum absolute atomic E-state index is 12.2. The normalized spacial score (nSPS) is 16.5. The molecule has 122 valence electrons. The standard InChI is InChI=1S/C16H25N3O3/c1-2-22-15-6-4-3-5-14(15)17-16(21)13-19-9-7-18(8-10-19)11-12-20/h3-6,20H,2,7-13H2,1H3,(H,17,21). The Labute approximate surface area is 131 Å². The van der Waals surface area contributed by atoms with E-state index in [1.165, 1.54) is 0 Å². The van der Waals surface area contributed by atoms with Crippen LogP contribution in [0.15, 0.2) is 24.3 Å². The van der Waals surface area contributed by atoms with E-state index in [0.717, 1.165) is 26.2 Å². The first-order chi connectivity index (χ1) is 10.7. The summed E-state index contributed by atoms with van der Waals surface area (Å²) in [4.78, 5) is 16.5. The maximum atomic E-state index is 12.2. The molecule has 0 spiro atoms. The Bertz CT molecular complexity index is 473. The highest BCUT2D eigenvalue weighted by molar-refractivity contribution is 5.93. The molecule has 0 atom stereocenters. The van der Waals surface area contributed by atoms with Crippen molar-refractivity contribution >= 4 is 11.6 Å². The van der Waals surface area contributed by atoms with Crippen molar-refractivity contribution in [2.24, 2.45) is 0 Å². The lowest BCUT2D eigenvalue weighted by Gasteiger charge is -2.33. The minimum atomic E-state index is -0.0252. The number of nitrogens with zero attached hydrogens (tertiary/aromatic N) is 2. The number of anilines is 1. The molecule has 0 saturated carbocycles. The van der Waals surface area contributed by atoms with Gasteiger partial charge in [0.25, 0.3) is 0 Å². The first-order valence-corrected chi connectivity index (χ1v) is 7.80. The number of benzene rings is 1. The van der Waals surface area contributed by atoms with Crippen molar-refractivity contribution in [2.45, 2.75) is 6.92 Å². The quantitative estimate of drug-likeness (QED) is 0.774. The van der Waals surface area contributed by atoms with Gasteiger partial charge in [0.2, 0.25) is 5.91 Å². The Kier molecular flexibility index (Phi) is 6.64. The number of rotatable bonds is 7. The molecule has 0 aromatic heterocycles. The number of hydrogen-bond acceptors (Lipinski definition) is 5. The van der Waals surface area contributed by atoms with Crippen LogP contribution in [0.25, 0.3) is 0 Å². The fourth-order valence-corrected chi connectivity index (χ4v) is 2.56. The zero-order valence-electron chi connectivity index (χ0n) is 13.1. The Balaban J connectivity index is 1.81. The van der Waals surface area contributed by atoms with Crippen molar-refractivity contribution in [3.8, 4) is 5.75 Å². The lowest BCUT2D eigenvalue weighted by molar-refractivity contribution is -0.117. The molecule has 1 aromatic rings. The van der Waals surface area contributed by atoms with Crippen LogP contribution in [0.2, 0.25) is 0 Å². The van der Waals surface area contributed by atoms with Gasteiger partial charge in [-0.05, 0) is 19.1 Å². The van der Waals surface area contributed by atoms with Crippen LogP contribution in [0.4, 0.5) is 5.69 Å². The second-order valence-corrected chi connectivity index (χ2v) is 5.32. The Morgan fingerprint density at radius 3 is 2.59 bits per heavy atom. The van der Waals surface area contributed by atoms with Gasteiger partial charge in [-0.2, -0.15) is 0 Å². The molecule has 0 unspecified atom stereocenters. The Morgan fingerprint density at radius 2 is 1.91 bits per heavy atom. The van der Waals surface area contributed by atoms with Crippen LogP contribution in [0.3, 0.4) is 0 Å². The summed E-state index contributed by atoms with van der Waals surface area (Å²) in [6.45, 7) is 7.25. The number of ether oxygens (including phenoxy) is 1. The zero-order chi connectivity index (χ0) is 15.8. The highest BCUT2D eigenvalue weighted by Gasteiger charge is 2.18. The number of aliphatic hydroxyl groups is 1. The number of para-hydroxylation sites is 2. The summed E-state index contributed by atoms with van der Waals surface area (Å²) in [7, 11) is 0. The number of carbonyl (C=O) groups excluding carboxylic acids is 1. The largest absolute Gasteiger partial charge is 0.492 e. The number of aliphatic hydroxyl groups excluding tert-OH is 1. The average Bonchev–Trinajstić information content (AvgIpc) is 2.52. The third-order valence-corrected chi connectivity index (χ3v) is 3.71. The molecule has 1 heterocycles. The van der Waals surface area contributed by atoms with Crippen molar-refractivity contribution in [3.05, 3.63) is 24.3 Å². The number of piperazine rings is 1. The van der Waals surface area contributed by atoms with Gasteiger partial charge < -0.3 is 15.2 Å². The highest BCUT2D eigenvalue weighted by atomic mass is 16.5. The van der Waals surface area contributed by atoms with E-state index in [1.807, 2.05) is 31.2 Å². The minimum absolute atomic E-state index is 0.0252. The van der Waals surface area contributed by atoms with Gasteiger partial charge in [0.05, 0.1) is 25.4 Å². The molecule has 1 aliphatic heterocycles. The van der Waals surface area contributed by atoms with Gasteiger partial charge in [-0.25, -0.2) is 0 Å². The van der Waals surface area contributed by atoms with Gasteiger partial charge >= 0.3 is 0 Å². The van der Waals surface area contributed by atoms with Crippen molar-refractivity contribution in [1.29, 1.82) is 0 Å². The molecule has 1 saturated heterocycles. The fraction of sp³-hybridized carbons (Fsp3) is 0.562. The van der Waals surface area contributed by atoms with Gasteiger partial charge in [-0.1, -0.05) is 12.1 Å². The fourth-order valence-electron chi connectivity index (χ4n) is 2.56. The second-order valence-electron chi connectivity index (χ2n) is 5.32. The van der Waals surface area contributed by atoms with Crippen LogP contribution in [-0.4, -0.2) is 73.3 Å². The third kappa shape index (κ3) is 4.98. The van der Waals surface area contributed by atoms with Crippen LogP contribution >= 0.6 is 0 Å². The molecule has 1 aromatic carbocycles. The molecule has 6 heteroatoms. The van der Waals surface area contributed by atoms with E-state index in [1.54, 1.807) is 0 Å². The number of amides is 1. The molecular formula is C16H25N3O3. The second kappa shape index (κ2) is 8.73. The van der Waals surface area contributed by atoms with Crippen molar-refractivity contribution < 1.29 is 14.6 Å². The Hall–Kier alpha value is -1.63. The van der Waals surface area contributed by atoms with E-state index < -0.39 is 0 Å². The molecule has 0 bridgehead atoms. The zero-order valence-corrected chi connectivity index (χ0v) is 13.1. The summed E-state index contributed by atoms with van der Waals surface area (Å²) in [5, 5.41) is 11.9. The third-order valence-electron chi connectivity index (χ3n) is 3.71. The molecule has 1 amide bonds. The van der Waals surface area contributed by atoms with Gasteiger partial charge in [0, 0.05) is 32.7 Å². The number of β-amino-alcohol motifs (C(OH)–C–C–N with tert-alkyl or cyclic N) is 1.